The molecule has 2 amide bonds. The summed E-state index contributed by atoms with van der Waals surface area (Å²) >= 11 is 0.846. The van der Waals surface area contributed by atoms with Gasteiger partial charge < -0.3 is 9.15 Å². The van der Waals surface area contributed by atoms with Crippen molar-refractivity contribution in [2.24, 2.45) is 0 Å². The third-order valence-corrected chi connectivity index (χ3v) is 5.96. The number of nitro benzene ring substituents is 1. The molecular formula is C24H20N2O6S. The van der Waals surface area contributed by atoms with Crippen LogP contribution in [0.1, 0.15) is 16.9 Å². The average molecular weight is 464 g/mol. The number of amides is 2. The molecule has 0 atom stereocenters. The van der Waals surface area contributed by atoms with Gasteiger partial charge in [0, 0.05) is 23.3 Å². The van der Waals surface area contributed by atoms with E-state index in [9.17, 15) is 19.7 Å². The predicted molar refractivity (Wildman–Crippen MR) is 125 cm³/mol. The maximum absolute atomic E-state index is 12.7. The fourth-order valence-corrected chi connectivity index (χ4v) is 4.16. The number of carbonyl (C=O) groups excluding carboxylic acids is 2. The quantitative estimate of drug-likeness (QED) is 0.255. The van der Waals surface area contributed by atoms with Gasteiger partial charge in [-0.2, -0.15) is 0 Å². The number of thioether (sulfide) groups is 1. The molecule has 168 valence electrons. The van der Waals surface area contributed by atoms with Crippen LogP contribution in [0.2, 0.25) is 0 Å². The number of ether oxygens (including phenoxy) is 1. The molecule has 0 radical (unpaired) electrons. The largest absolute Gasteiger partial charge is 0.492 e. The van der Waals surface area contributed by atoms with Crippen molar-refractivity contribution in [3.63, 3.8) is 0 Å². The number of furan rings is 1. The topological polar surface area (TPSA) is 103 Å². The normalized spacial score (nSPS) is 14.8. The summed E-state index contributed by atoms with van der Waals surface area (Å²) in [4.78, 5) is 37.0. The number of aryl methyl sites for hydroxylation is 2. The summed E-state index contributed by atoms with van der Waals surface area (Å²) in [6.07, 6.45) is 1.52. The monoisotopic (exact) mass is 464 g/mol. The van der Waals surface area contributed by atoms with E-state index in [0.717, 1.165) is 22.2 Å². The van der Waals surface area contributed by atoms with Gasteiger partial charge in [-0.25, -0.2) is 0 Å². The van der Waals surface area contributed by atoms with E-state index in [-0.39, 0.29) is 29.0 Å². The maximum atomic E-state index is 12.7. The van der Waals surface area contributed by atoms with Crippen LogP contribution in [0.4, 0.5) is 10.5 Å². The van der Waals surface area contributed by atoms with Crippen molar-refractivity contribution in [3.05, 3.63) is 86.5 Å². The first-order valence-corrected chi connectivity index (χ1v) is 10.9. The number of hydrogen-bond acceptors (Lipinski definition) is 7. The highest BCUT2D eigenvalue weighted by atomic mass is 32.2. The third kappa shape index (κ3) is 4.98. The lowest BCUT2D eigenvalue weighted by atomic mass is 10.1. The molecule has 1 fully saturated rings. The van der Waals surface area contributed by atoms with Crippen LogP contribution in [-0.4, -0.2) is 34.1 Å². The highest BCUT2D eigenvalue weighted by Gasteiger charge is 2.35. The van der Waals surface area contributed by atoms with E-state index in [1.807, 2.05) is 31.2 Å². The van der Waals surface area contributed by atoms with Crippen LogP contribution in [0.15, 0.2) is 63.9 Å². The number of benzene rings is 2. The van der Waals surface area contributed by atoms with Crippen molar-refractivity contribution >= 4 is 34.7 Å². The molecule has 2 heterocycles. The maximum Gasteiger partial charge on any atom is 0.293 e. The molecule has 1 aliphatic rings. The Morgan fingerprint density at radius 1 is 1.09 bits per heavy atom. The van der Waals surface area contributed by atoms with Gasteiger partial charge in [0.05, 0.1) is 16.4 Å². The van der Waals surface area contributed by atoms with Gasteiger partial charge in [0.2, 0.25) is 0 Å². The summed E-state index contributed by atoms with van der Waals surface area (Å²) < 4.78 is 11.4. The van der Waals surface area contributed by atoms with Gasteiger partial charge in [-0.3, -0.25) is 24.6 Å². The molecule has 1 aliphatic heterocycles. The molecule has 8 nitrogen and oxygen atoms in total. The van der Waals surface area contributed by atoms with E-state index < -0.39 is 10.8 Å². The van der Waals surface area contributed by atoms with Crippen LogP contribution in [0.3, 0.4) is 0 Å². The highest BCUT2D eigenvalue weighted by molar-refractivity contribution is 8.18. The van der Waals surface area contributed by atoms with Crippen molar-refractivity contribution < 1.29 is 23.7 Å². The smallest absolute Gasteiger partial charge is 0.293 e. The molecule has 0 spiro atoms. The van der Waals surface area contributed by atoms with Crippen LogP contribution in [-0.2, 0) is 4.79 Å². The molecule has 0 N–H and O–H groups in total. The van der Waals surface area contributed by atoms with E-state index in [2.05, 4.69) is 0 Å². The van der Waals surface area contributed by atoms with Gasteiger partial charge in [-0.1, -0.05) is 17.7 Å². The average Bonchev–Trinajstić information content (AvgIpc) is 3.35. The predicted octanol–water partition coefficient (Wildman–Crippen LogP) is 5.59. The van der Waals surface area contributed by atoms with Crippen LogP contribution >= 0.6 is 11.8 Å². The van der Waals surface area contributed by atoms with Gasteiger partial charge in [0.25, 0.3) is 16.8 Å². The first-order valence-electron chi connectivity index (χ1n) is 10.1. The second kappa shape index (κ2) is 9.33. The number of nitro groups is 1. The number of nitrogens with zero attached hydrogens (tertiary/aromatic N) is 2. The molecule has 0 unspecified atom stereocenters. The number of rotatable bonds is 7. The molecule has 9 heteroatoms. The van der Waals surface area contributed by atoms with Gasteiger partial charge in [0.15, 0.2) is 0 Å². The zero-order valence-electron chi connectivity index (χ0n) is 17.9. The van der Waals surface area contributed by atoms with E-state index >= 15 is 0 Å². The Labute approximate surface area is 194 Å². The summed E-state index contributed by atoms with van der Waals surface area (Å²) in [6, 6.07) is 15.6. The van der Waals surface area contributed by atoms with Crippen molar-refractivity contribution in [1.29, 1.82) is 0 Å². The number of hydrogen-bond donors (Lipinski definition) is 0. The Morgan fingerprint density at radius 3 is 2.55 bits per heavy atom. The van der Waals surface area contributed by atoms with Crippen LogP contribution in [0, 0.1) is 24.0 Å². The second-order valence-electron chi connectivity index (χ2n) is 7.46. The van der Waals surface area contributed by atoms with Crippen molar-refractivity contribution in [2.45, 2.75) is 13.8 Å². The van der Waals surface area contributed by atoms with Gasteiger partial charge in [-0.15, -0.1) is 0 Å². The summed E-state index contributed by atoms with van der Waals surface area (Å²) in [5.74, 6) is 1.18. The van der Waals surface area contributed by atoms with Crippen molar-refractivity contribution in [1.82, 2.24) is 4.90 Å². The van der Waals surface area contributed by atoms with Gasteiger partial charge in [0.1, 0.15) is 23.9 Å². The first-order chi connectivity index (χ1) is 15.8. The molecule has 4 rings (SSSR count). The Kier molecular flexibility index (Phi) is 6.32. The van der Waals surface area contributed by atoms with Crippen LogP contribution in [0.25, 0.3) is 17.4 Å². The summed E-state index contributed by atoms with van der Waals surface area (Å²) in [6.45, 7) is 3.97. The number of carbonyl (C=O) groups is 2. The minimum Gasteiger partial charge on any atom is -0.492 e. The van der Waals surface area contributed by atoms with Gasteiger partial charge >= 0.3 is 0 Å². The standard InChI is InChI=1S/C24H20N2O6S/c1-15-3-6-18(7-4-15)31-12-11-25-23(27)22(33-24(25)28)14-19-8-10-21(32-19)17-5-9-20(26(29)30)16(2)13-17/h3-10,13-14H,11-12H2,1-2H3/b22-14-. The van der Waals surface area contributed by atoms with Crippen molar-refractivity contribution in [2.75, 3.05) is 13.2 Å². The number of imide groups is 1. The van der Waals surface area contributed by atoms with Crippen LogP contribution in [0.5, 0.6) is 5.75 Å². The highest BCUT2D eigenvalue weighted by Crippen LogP contribution is 2.34. The zero-order valence-corrected chi connectivity index (χ0v) is 18.8. The van der Waals surface area contributed by atoms with E-state index in [1.54, 1.807) is 31.2 Å². The molecule has 0 saturated carbocycles. The molecule has 1 saturated heterocycles. The molecule has 1 aromatic heterocycles. The molecule has 0 aliphatic carbocycles. The molecular weight excluding hydrogens is 444 g/mol. The second-order valence-corrected chi connectivity index (χ2v) is 8.45. The first kappa shape index (κ1) is 22.3. The van der Waals surface area contributed by atoms with Crippen molar-refractivity contribution in [3.8, 4) is 17.1 Å². The molecule has 2 aromatic carbocycles. The minimum absolute atomic E-state index is 0.0329. The molecule has 3 aromatic rings. The third-order valence-electron chi connectivity index (χ3n) is 5.06. The molecule has 33 heavy (non-hydrogen) atoms. The fourth-order valence-electron chi connectivity index (χ4n) is 3.31. The van der Waals surface area contributed by atoms with E-state index in [1.165, 1.54) is 12.1 Å². The lowest BCUT2D eigenvalue weighted by Gasteiger charge is -2.13. The summed E-state index contributed by atoms with van der Waals surface area (Å²) in [7, 11) is 0. The van der Waals surface area contributed by atoms with E-state index in [4.69, 9.17) is 9.15 Å². The van der Waals surface area contributed by atoms with E-state index in [0.29, 0.717) is 28.4 Å². The minimum atomic E-state index is -0.436. The SMILES string of the molecule is Cc1ccc(OCCN2C(=O)S/C(=C\c3ccc(-c4ccc([N+](=O)[O-])c(C)c4)o3)C2=O)cc1. The zero-order chi connectivity index (χ0) is 23.5. The molecule has 0 bridgehead atoms. The van der Waals surface area contributed by atoms with Gasteiger partial charge in [-0.05, 0) is 62.0 Å². The van der Waals surface area contributed by atoms with Crippen LogP contribution < -0.4 is 4.74 Å². The Bertz CT molecular complexity index is 1260. The summed E-state index contributed by atoms with van der Waals surface area (Å²) in [5.41, 5.74) is 2.34. The lowest BCUT2D eigenvalue weighted by Crippen LogP contribution is -2.32. The Hall–Kier alpha value is -3.85. The Morgan fingerprint density at radius 2 is 1.85 bits per heavy atom. The fraction of sp³-hybridized carbons (Fsp3) is 0.167. The lowest BCUT2D eigenvalue weighted by molar-refractivity contribution is -0.385. The summed E-state index contributed by atoms with van der Waals surface area (Å²) in [5, 5.41) is 10.6. The Balaban J connectivity index is 1.42.